The fourth-order valence-corrected chi connectivity index (χ4v) is 3.48. The van der Waals surface area contributed by atoms with Crippen LogP contribution in [0.2, 0.25) is 5.32 Å². The summed E-state index contributed by atoms with van der Waals surface area (Å²) < 4.78 is 1.46. The minimum atomic E-state index is 0.386. The van der Waals surface area contributed by atoms with Gasteiger partial charge in [0.25, 0.3) is 0 Å². The number of unbranched alkanes of at least 4 members (excludes halogenated alkanes) is 1. The van der Waals surface area contributed by atoms with Gasteiger partial charge in [0.05, 0.1) is 0 Å². The summed E-state index contributed by atoms with van der Waals surface area (Å²) in [6.07, 6.45) is 6.29. The minimum absolute atomic E-state index is 0.386. The molecule has 0 radical (unpaired) electrons. The number of allylic oxidation sites excluding steroid dienone is 1. The zero-order valence-electron chi connectivity index (χ0n) is 10.2. The van der Waals surface area contributed by atoms with Crippen molar-refractivity contribution in [2.75, 3.05) is 0 Å². The Kier molecular flexibility index (Phi) is 7.70. The molecule has 1 nitrogen and oxygen atoms in total. The van der Waals surface area contributed by atoms with Crippen LogP contribution in [0.4, 0.5) is 0 Å². The molecule has 2 heteroatoms. The van der Waals surface area contributed by atoms with Crippen LogP contribution in [0.25, 0.3) is 0 Å². The average Bonchev–Trinajstić information content (AvgIpc) is 2.37. The maximum atomic E-state index is 11.4. The number of hydrogen-bond donors (Lipinski definition) is 0. The van der Waals surface area contributed by atoms with Crippen molar-refractivity contribution in [3.05, 3.63) is 43.0 Å². The van der Waals surface area contributed by atoms with Crippen molar-refractivity contribution in [3.8, 4) is 0 Å². The normalized spacial score (nSPS) is 10.1. The molecule has 0 aliphatic heterocycles. The quantitative estimate of drug-likeness (QED) is 0.388. The van der Waals surface area contributed by atoms with Crippen LogP contribution in [0.3, 0.4) is 0 Å². The molecule has 0 amide bonds. The summed E-state index contributed by atoms with van der Waals surface area (Å²) >= 11 is 0.575. The second kappa shape index (κ2) is 9.21. The van der Waals surface area contributed by atoms with Gasteiger partial charge in [-0.25, -0.2) is 0 Å². The van der Waals surface area contributed by atoms with Crippen LogP contribution in [0.1, 0.15) is 32.1 Å². The zero-order valence-corrected chi connectivity index (χ0v) is 11.9. The third-order valence-electron chi connectivity index (χ3n) is 2.49. The standard InChI is InChI=1S/C15H20OSe/c1-2-3-9-14(16)10-7-8-13-17-15-11-5-4-6-12-15/h2,4-6,11-12H,1,3,7-10,13H2. The first-order valence-corrected chi connectivity index (χ1v) is 8.20. The molecule has 0 N–H and O–H groups in total. The summed E-state index contributed by atoms with van der Waals surface area (Å²) in [6, 6.07) is 10.6. The summed E-state index contributed by atoms with van der Waals surface area (Å²) in [7, 11) is 0. The van der Waals surface area contributed by atoms with Crippen molar-refractivity contribution in [1.29, 1.82) is 0 Å². The van der Waals surface area contributed by atoms with Crippen molar-refractivity contribution in [3.63, 3.8) is 0 Å². The topological polar surface area (TPSA) is 17.1 Å². The van der Waals surface area contributed by atoms with Gasteiger partial charge in [0, 0.05) is 0 Å². The predicted molar refractivity (Wildman–Crippen MR) is 74.9 cm³/mol. The van der Waals surface area contributed by atoms with Gasteiger partial charge in [0.2, 0.25) is 0 Å². The van der Waals surface area contributed by atoms with Gasteiger partial charge in [-0.1, -0.05) is 0 Å². The Morgan fingerprint density at radius 2 is 1.94 bits per heavy atom. The van der Waals surface area contributed by atoms with Crippen LogP contribution in [-0.2, 0) is 4.79 Å². The first-order valence-electron chi connectivity index (χ1n) is 6.13. The van der Waals surface area contributed by atoms with Gasteiger partial charge in [-0.05, 0) is 0 Å². The van der Waals surface area contributed by atoms with E-state index in [0.717, 1.165) is 19.3 Å². The maximum absolute atomic E-state index is 11.4. The van der Waals surface area contributed by atoms with E-state index in [2.05, 4.69) is 36.9 Å². The van der Waals surface area contributed by atoms with Crippen LogP contribution in [0.15, 0.2) is 43.0 Å². The van der Waals surface area contributed by atoms with E-state index in [9.17, 15) is 4.79 Å². The molecule has 0 atom stereocenters. The second-order valence-electron chi connectivity index (χ2n) is 3.98. The number of ketones is 1. The Labute approximate surface area is 110 Å². The van der Waals surface area contributed by atoms with Gasteiger partial charge < -0.3 is 0 Å². The molecule has 0 bridgehead atoms. The van der Waals surface area contributed by atoms with Crippen molar-refractivity contribution in [2.24, 2.45) is 0 Å². The molecule has 0 aliphatic rings. The van der Waals surface area contributed by atoms with Gasteiger partial charge in [-0.3, -0.25) is 0 Å². The third-order valence-corrected chi connectivity index (χ3v) is 4.79. The Morgan fingerprint density at radius 1 is 1.18 bits per heavy atom. The molecule has 17 heavy (non-hydrogen) atoms. The molecular formula is C15H20OSe. The van der Waals surface area contributed by atoms with Gasteiger partial charge >= 0.3 is 110 Å². The number of carbonyl (C=O) groups excluding carboxylic acids is 1. The molecule has 0 heterocycles. The molecule has 0 saturated heterocycles. The summed E-state index contributed by atoms with van der Waals surface area (Å²) in [6.45, 7) is 3.63. The van der Waals surface area contributed by atoms with Crippen molar-refractivity contribution >= 4 is 25.2 Å². The first kappa shape index (κ1) is 14.2. The van der Waals surface area contributed by atoms with Crippen molar-refractivity contribution in [2.45, 2.75) is 37.4 Å². The van der Waals surface area contributed by atoms with E-state index in [-0.39, 0.29) is 0 Å². The Hall–Kier alpha value is -0.851. The fraction of sp³-hybridized carbons (Fsp3) is 0.400. The monoisotopic (exact) mass is 296 g/mol. The number of Topliss-reactive ketones (excluding diaryl/α,β-unsaturated/α-hetero) is 1. The molecule has 0 saturated carbocycles. The molecule has 1 rings (SSSR count). The molecule has 1 aromatic carbocycles. The molecule has 0 fully saturated rings. The van der Waals surface area contributed by atoms with E-state index in [0.29, 0.717) is 27.2 Å². The molecule has 1 aromatic rings. The Balaban J connectivity index is 2.01. The van der Waals surface area contributed by atoms with Crippen LogP contribution in [-0.4, -0.2) is 20.7 Å². The fourth-order valence-electron chi connectivity index (χ4n) is 1.52. The first-order chi connectivity index (χ1) is 8.33. The van der Waals surface area contributed by atoms with E-state index < -0.39 is 0 Å². The summed E-state index contributed by atoms with van der Waals surface area (Å²) in [5.41, 5.74) is 0. The third kappa shape index (κ3) is 7.14. The molecule has 0 aromatic heterocycles. The van der Waals surface area contributed by atoms with Crippen molar-refractivity contribution < 1.29 is 4.79 Å². The van der Waals surface area contributed by atoms with Gasteiger partial charge in [-0.15, -0.1) is 0 Å². The molecular weight excluding hydrogens is 275 g/mol. The van der Waals surface area contributed by atoms with Crippen molar-refractivity contribution in [1.82, 2.24) is 0 Å². The van der Waals surface area contributed by atoms with E-state index >= 15 is 0 Å². The predicted octanol–water partition coefficient (Wildman–Crippen LogP) is 3.14. The molecule has 0 spiro atoms. The van der Waals surface area contributed by atoms with Crippen LogP contribution >= 0.6 is 0 Å². The number of rotatable bonds is 9. The Bertz CT molecular complexity index is 332. The van der Waals surface area contributed by atoms with E-state index in [1.54, 1.807) is 0 Å². The van der Waals surface area contributed by atoms with E-state index in [1.807, 2.05) is 6.08 Å². The van der Waals surface area contributed by atoms with E-state index in [4.69, 9.17) is 0 Å². The van der Waals surface area contributed by atoms with Crippen LogP contribution < -0.4 is 4.46 Å². The molecule has 0 aliphatic carbocycles. The molecule has 0 unspecified atom stereocenters. The van der Waals surface area contributed by atoms with Crippen LogP contribution in [0, 0.1) is 0 Å². The number of hydrogen-bond acceptors (Lipinski definition) is 1. The number of benzene rings is 1. The Morgan fingerprint density at radius 3 is 2.65 bits per heavy atom. The average molecular weight is 295 g/mol. The summed E-state index contributed by atoms with van der Waals surface area (Å²) in [4.78, 5) is 11.4. The summed E-state index contributed by atoms with van der Waals surface area (Å²) in [5, 5.41) is 1.24. The van der Waals surface area contributed by atoms with Gasteiger partial charge in [-0.2, -0.15) is 0 Å². The van der Waals surface area contributed by atoms with Crippen LogP contribution in [0.5, 0.6) is 0 Å². The SMILES string of the molecule is C=CCCC(=O)CCCC[Se]c1ccccc1. The van der Waals surface area contributed by atoms with Gasteiger partial charge in [0.1, 0.15) is 0 Å². The van der Waals surface area contributed by atoms with E-state index in [1.165, 1.54) is 16.2 Å². The summed E-state index contributed by atoms with van der Waals surface area (Å²) in [5.74, 6) is 0.386. The van der Waals surface area contributed by atoms with Gasteiger partial charge in [0.15, 0.2) is 0 Å². The second-order valence-corrected chi connectivity index (χ2v) is 6.44. The molecule has 92 valence electrons. The number of carbonyl (C=O) groups is 1. The zero-order chi connectivity index (χ0) is 12.3.